The normalized spacial score (nSPS) is 24.3. The third kappa shape index (κ3) is 3.90. The van der Waals surface area contributed by atoms with E-state index >= 15 is 0 Å². The molecular formula is C13H19NO2S3. The number of thioether (sulfide) groups is 1. The first kappa shape index (κ1) is 15.2. The summed E-state index contributed by atoms with van der Waals surface area (Å²) in [5.41, 5.74) is 1.06. The summed E-state index contributed by atoms with van der Waals surface area (Å²) < 4.78 is 29.2. The first-order valence-electron chi connectivity index (χ1n) is 6.39. The predicted molar refractivity (Wildman–Crippen MR) is 85.1 cm³/mol. The zero-order chi connectivity index (χ0) is 13.9. The molecular weight excluding hydrogens is 298 g/mol. The van der Waals surface area contributed by atoms with E-state index in [1.54, 1.807) is 12.1 Å². The largest absolute Gasteiger partial charge is 0.311 e. The SMILES string of the molecule is CCC1SCCC[S+]1[N-]S(=O)(=O)c1ccc(C)cc1. The van der Waals surface area contributed by atoms with E-state index in [1.165, 1.54) is 0 Å². The number of benzene rings is 1. The Labute approximate surface area is 123 Å². The predicted octanol–water partition coefficient (Wildman–Crippen LogP) is 3.46. The van der Waals surface area contributed by atoms with Crippen LogP contribution in [0.5, 0.6) is 0 Å². The Balaban J connectivity index is 2.14. The van der Waals surface area contributed by atoms with Crippen LogP contribution in [0.15, 0.2) is 29.2 Å². The second-order valence-corrected chi connectivity index (χ2v) is 9.94. The minimum Gasteiger partial charge on any atom is -0.311 e. The monoisotopic (exact) mass is 317 g/mol. The fraction of sp³-hybridized carbons (Fsp3) is 0.538. The van der Waals surface area contributed by atoms with Crippen molar-refractivity contribution in [3.63, 3.8) is 0 Å². The van der Waals surface area contributed by atoms with Gasteiger partial charge in [-0.1, -0.05) is 35.7 Å². The molecule has 2 rings (SSSR count). The fourth-order valence-electron chi connectivity index (χ4n) is 1.91. The Morgan fingerprint density at radius 1 is 1.37 bits per heavy atom. The number of aryl methyl sites for hydroxylation is 1. The van der Waals surface area contributed by atoms with E-state index in [1.807, 2.05) is 30.8 Å². The van der Waals surface area contributed by atoms with Crippen LogP contribution in [0.4, 0.5) is 0 Å². The molecule has 1 aliphatic rings. The van der Waals surface area contributed by atoms with Crippen molar-refractivity contribution in [3.8, 4) is 0 Å². The highest BCUT2D eigenvalue weighted by atomic mass is 32.3. The minimum atomic E-state index is -3.50. The molecule has 1 aromatic carbocycles. The molecule has 1 heterocycles. The van der Waals surface area contributed by atoms with Crippen molar-refractivity contribution in [3.05, 3.63) is 34.0 Å². The molecule has 106 valence electrons. The average molecular weight is 318 g/mol. The zero-order valence-corrected chi connectivity index (χ0v) is 13.7. The number of hydrogen-bond acceptors (Lipinski definition) is 3. The summed E-state index contributed by atoms with van der Waals surface area (Å²) in [5.74, 6) is 2.04. The summed E-state index contributed by atoms with van der Waals surface area (Å²) in [7, 11) is -3.50. The van der Waals surface area contributed by atoms with E-state index in [0.29, 0.717) is 9.48 Å². The third-order valence-corrected chi connectivity index (χ3v) is 9.32. The zero-order valence-electron chi connectivity index (χ0n) is 11.2. The Kier molecular flexibility index (Phi) is 5.22. The fourth-order valence-corrected chi connectivity index (χ4v) is 8.02. The van der Waals surface area contributed by atoms with Crippen LogP contribution in [0.2, 0.25) is 0 Å². The van der Waals surface area contributed by atoms with Crippen molar-refractivity contribution in [1.82, 2.24) is 0 Å². The van der Waals surface area contributed by atoms with Gasteiger partial charge in [0.25, 0.3) is 0 Å². The van der Waals surface area contributed by atoms with Crippen molar-refractivity contribution in [2.24, 2.45) is 0 Å². The van der Waals surface area contributed by atoms with Crippen LogP contribution >= 0.6 is 11.8 Å². The van der Waals surface area contributed by atoms with E-state index in [9.17, 15) is 8.42 Å². The quantitative estimate of drug-likeness (QED) is 0.799. The summed E-state index contributed by atoms with van der Waals surface area (Å²) in [4.78, 5) is 0.316. The lowest BCUT2D eigenvalue weighted by molar-refractivity contribution is 0.604. The molecule has 6 heteroatoms. The molecule has 2 atom stereocenters. The molecule has 0 radical (unpaired) electrons. The Morgan fingerprint density at radius 3 is 2.68 bits per heavy atom. The molecule has 1 fully saturated rings. The van der Waals surface area contributed by atoms with Crippen LogP contribution < -0.4 is 0 Å². The second kappa shape index (κ2) is 6.52. The second-order valence-electron chi connectivity index (χ2n) is 4.53. The molecule has 1 aliphatic heterocycles. The summed E-state index contributed by atoms with van der Waals surface area (Å²) in [5, 5.41) is 0. The van der Waals surface area contributed by atoms with Gasteiger partial charge in [0.1, 0.15) is 10.0 Å². The molecule has 0 amide bonds. The maximum absolute atomic E-state index is 12.3. The van der Waals surface area contributed by atoms with E-state index in [0.717, 1.165) is 29.9 Å². The van der Waals surface area contributed by atoms with Crippen molar-refractivity contribution in [2.45, 2.75) is 36.2 Å². The Hall–Kier alpha value is -0.170. The van der Waals surface area contributed by atoms with Gasteiger partial charge in [-0.2, -0.15) is 0 Å². The van der Waals surface area contributed by atoms with Gasteiger partial charge in [0, 0.05) is 18.6 Å². The molecule has 0 aromatic heterocycles. The molecule has 0 spiro atoms. The molecule has 19 heavy (non-hydrogen) atoms. The summed E-state index contributed by atoms with van der Waals surface area (Å²) in [6, 6.07) is 6.93. The number of nitrogens with zero attached hydrogens (tertiary/aromatic N) is 1. The third-order valence-electron chi connectivity index (χ3n) is 2.95. The average Bonchev–Trinajstić information content (AvgIpc) is 2.39. The summed E-state index contributed by atoms with van der Waals surface area (Å²) in [6.45, 7) is 4.05. The van der Waals surface area contributed by atoms with Gasteiger partial charge in [0.15, 0.2) is 4.58 Å². The minimum absolute atomic E-state index is 0.316. The highest BCUT2D eigenvalue weighted by molar-refractivity contribution is 8.23. The topological polar surface area (TPSA) is 48.2 Å². The van der Waals surface area contributed by atoms with E-state index < -0.39 is 10.0 Å². The number of sulfonamides is 1. The molecule has 1 saturated heterocycles. The van der Waals surface area contributed by atoms with Gasteiger partial charge < -0.3 is 4.13 Å². The van der Waals surface area contributed by atoms with Gasteiger partial charge in [-0.3, -0.25) is 0 Å². The smallest absolute Gasteiger partial charge is 0.151 e. The first-order chi connectivity index (χ1) is 9.03. The highest BCUT2D eigenvalue weighted by Gasteiger charge is 2.29. The van der Waals surface area contributed by atoms with Gasteiger partial charge in [-0.05, 0) is 19.1 Å². The standard InChI is InChI=1S/C13H19NO2S3/c1-3-13-17-9-4-10-18(13)14-19(15,16)12-7-5-11(2)6-8-12/h5-8,13H,3-4,9-10H2,1-2H3. The highest BCUT2D eigenvalue weighted by Crippen LogP contribution is 2.36. The lowest BCUT2D eigenvalue weighted by atomic mass is 10.2. The van der Waals surface area contributed by atoms with Crippen molar-refractivity contribution in [1.29, 1.82) is 0 Å². The van der Waals surface area contributed by atoms with Gasteiger partial charge in [0.2, 0.25) is 0 Å². The van der Waals surface area contributed by atoms with Gasteiger partial charge >= 0.3 is 0 Å². The van der Waals surface area contributed by atoms with E-state index in [-0.39, 0.29) is 11.1 Å². The van der Waals surface area contributed by atoms with Crippen LogP contribution in [-0.4, -0.2) is 24.5 Å². The van der Waals surface area contributed by atoms with Crippen molar-refractivity contribution < 1.29 is 8.42 Å². The lowest BCUT2D eigenvalue weighted by Gasteiger charge is -2.30. The van der Waals surface area contributed by atoms with Gasteiger partial charge in [-0.15, -0.1) is 11.8 Å². The number of hydrogen-bond donors (Lipinski definition) is 0. The first-order valence-corrected chi connectivity index (χ1v) is 10.3. The molecule has 0 bridgehead atoms. The van der Waals surface area contributed by atoms with Crippen molar-refractivity contribution >= 4 is 32.9 Å². The van der Waals surface area contributed by atoms with Crippen molar-refractivity contribution in [2.75, 3.05) is 11.5 Å². The summed E-state index contributed by atoms with van der Waals surface area (Å²) >= 11 is 1.51. The molecule has 1 aromatic rings. The maximum Gasteiger partial charge on any atom is 0.151 e. The molecule has 0 saturated carbocycles. The van der Waals surface area contributed by atoms with Gasteiger partial charge in [0.05, 0.1) is 10.6 Å². The maximum atomic E-state index is 12.3. The van der Waals surface area contributed by atoms with Crippen LogP contribution in [0.25, 0.3) is 4.13 Å². The molecule has 3 nitrogen and oxygen atoms in total. The molecule has 0 aliphatic carbocycles. The Morgan fingerprint density at radius 2 is 2.05 bits per heavy atom. The number of rotatable bonds is 4. The van der Waals surface area contributed by atoms with E-state index in [2.05, 4.69) is 11.1 Å². The Bertz CT molecular complexity index is 513. The van der Waals surface area contributed by atoms with Crippen LogP contribution in [0.1, 0.15) is 25.3 Å². The van der Waals surface area contributed by atoms with E-state index in [4.69, 9.17) is 0 Å². The molecule has 0 N–H and O–H groups in total. The van der Waals surface area contributed by atoms with Crippen LogP contribution in [0, 0.1) is 6.92 Å². The van der Waals surface area contributed by atoms with Crippen LogP contribution in [0.3, 0.4) is 0 Å². The summed E-state index contributed by atoms with van der Waals surface area (Å²) in [6.07, 6.45) is 2.05. The van der Waals surface area contributed by atoms with Crippen LogP contribution in [-0.2, 0) is 21.1 Å². The van der Waals surface area contributed by atoms with Gasteiger partial charge in [-0.25, -0.2) is 8.42 Å². The lowest BCUT2D eigenvalue weighted by Crippen LogP contribution is -2.27. The molecule has 2 unspecified atom stereocenters.